The number of aromatic nitrogens is 1. The number of carbonyl (C=O) groups excluding carboxylic acids is 1. The zero-order chi connectivity index (χ0) is 24.1. The first-order valence-corrected chi connectivity index (χ1v) is 11.5. The molecular formula is C23H35N9O. The lowest BCUT2D eigenvalue weighted by molar-refractivity contribution is -0.118. The Morgan fingerprint density at radius 3 is 2.52 bits per heavy atom. The molecule has 178 valence electrons. The minimum atomic E-state index is -0.367. The van der Waals surface area contributed by atoms with E-state index in [1.165, 1.54) is 0 Å². The van der Waals surface area contributed by atoms with Crippen molar-refractivity contribution in [1.29, 1.82) is 5.41 Å². The highest BCUT2D eigenvalue weighted by Crippen LogP contribution is 2.37. The van der Waals surface area contributed by atoms with Gasteiger partial charge in [-0.15, -0.1) is 0 Å². The van der Waals surface area contributed by atoms with E-state index in [4.69, 9.17) is 17.1 Å². The van der Waals surface area contributed by atoms with E-state index < -0.39 is 0 Å². The van der Waals surface area contributed by atoms with Crippen LogP contribution in [0.1, 0.15) is 53.4 Å². The lowest BCUT2D eigenvalue weighted by Crippen LogP contribution is -2.44. The molecule has 1 aliphatic carbocycles. The quantitative estimate of drug-likeness (QED) is 0.170. The molecule has 0 spiro atoms. The van der Waals surface area contributed by atoms with Crippen LogP contribution in [0.15, 0.2) is 46.2 Å². The molecule has 10 nitrogen and oxygen atoms in total. The number of carbonyl (C=O) groups is 1. The van der Waals surface area contributed by atoms with Crippen LogP contribution in [0.2, 0.25) is 0 Å². The Morgan fingerprint density at radius 2 is 2.00 bits per heavy atom. The molecule has 1 aromatic heterocycles. The third-order valence-electron chi connectivity index (χ3n) is 6.34. The molecule has 0 atom stereocenters. The molecule has 0 unspecified atom stereocenters. The molecule has 6 N–H and O–H groups in total. The van der Waals surface area contributed by atoms with Crippen LogP contribution in [0.25, 0.3) is 0 Å². The molecule has 0 radical (unpaired) electrons. The van der Waals surface area contributed by atoms with Crippen molar-refractivity contribution in [3.05, 3.63) is 41.2 Å². The molecule has 33 heavy (non-hydrogen) atoms. The minimum absolute atomic E-state index is 0.119. The summed E-state index contributed by atoms with van der Waals surface area (Å²) in [5.74, 6) is 12.1. The standard InChI is InChI=1S/C23H35N9O/c1-5-18-15(4)20(22(33)29-25)31(16-10-8-9-11-16)21(18)28-23(24)32(26)19-13-12-17(14-27-19)30(6-2)7-3/h5,12-14,16,24H,6-11,25-26H2,1-4H3,(H,29,33)/b18-5-,24-23?,28-21?. The number of guanidine groups is 1. The summed E-state index contributed by atoms with van der Waals surface area (Å²) in [6, 6.07) is 3.83. The zero-order valence-corrected chi connectivity index (χ0v) is 19.9. The predicted octanol–water partition coefficient (Wildman–Crippen LogP) is 2.41. The molecule has 10 heteroatoms. The summed E-state index contributed by atoms with van der Waals surface area (Å²) in [6.07, 6.45) is 7.70. The van der Waals surface area contributed by atoms with Gasteiger partial charge in [0.25, 0.3) is 5.91 Å². The number of hydrogen-bond acceptors (Lipinski definition) is 6. The SMILES string of the molecule is C/C=C1\C(=NC(=N)N(N)c2ccc(N(CC)CC)cn2)N(C2CCCC2)C(C(=O)NN)=C1C. The third-order valence-corrected chi connectivity index (χ3v) is 6.34. The number of pyridine rings is 1. The first-order chi connectivity index (χ1) is 15.9. The normalized spacial score (nSPS) is 19.0. The van der Waals surface area contributed by atoms with E-state index in [0.717, 1.165) is 60.6 Å². The predicted molar refractivity (Wildman–Crippen MR) is 133 cm³/mol. The van der Waals surface area contributed by atoms with Crippen LogP contribution in [-0.4, -0.2) is 46.7 Å². The van der Waals surface area contributed by atoms with Crippen LogP contribution in [-0.2, 0) is 4.79 Å². The van der Waals surface area contributed by atoms with Crippen molar-refractivity contribution in [2.24, 2.45) is 16.7 Å². The second-order valence-electron chi connectivity index (χ2n) is 8.13. The maximum atomic E-state index is 12.7. The number of amidine groups is 1. The van der Waals surface area contributed by atoms with Crippen LogP contribution >= 0.6 is 0 Å². The van der Waals surface area contributed by atoms with Gasteiger partial charge in [-0.05, 0) is 58.2 Å². The van der Waals surface area contributed by atoms with E-state index in [2.05, 4.69) is 34.1 Å². The lowest BCUT2D eigenvalue weighted by atomic mass is 10.1. The summed E-state index contributed by atoms with van der Waals surface area (Å²) >= 11 is 0. The Kier molecular flexibility index (Phi) is 7.83. The van der Waals surface area contributed by atoms with Crippen LogP contribution in [0.4, 0.5) is 11.5 Å². The second-order valence-corrected chi connectivity index (χ2v) is 8.13. The number of hydrogen-bond donors (Lipinski definition) is 4. The molecular weight excluding hydrogens is 418 g/mol. The van der Waals surface area contributed by atoms with E-state index >= 15 is 0 Å². The molecule has 0 bridgehead atoms. The van der Waals surface area contributed by atoms with Crippen LogP contribution in [0.3, 0.4) is 0 Å². The Balaban J connectivity index is 1.93. The number of nitrogens with zero attached hydrogens (tertiary/aromatic N) is 5. The smallest absolute Gasteiger partial charge is 0.282 e. The Hall–Kier alpha value is -3.24. The Labute approximate surface area is 195 Å². The average molecular weight is 454 g/mol. The first kappa shape index (κ1) is 24.4. The number of hydrazine groups is 2. The van der Waals surface area contributed by atoms with Crippen molar-refractivity contribution in [2.75, 3.05) is 23.0 Å². The van der Waals surface area contributed by atoms with Gasteiger partial charge in [0, 0.05) is 24.7 Å². The van der Waals surface area contributed by atoms with Crippen LogP contribution in [0, 0.1) is 5.41 Å². The van der Waals surface area contributed by atoms with Gasteiger partial charge < -0.3 is 9.80 Å². The van der Waals surface area contributed by atoms with E-state index in [-0.39, 0.29) is 17.9 Å². The fourth-order valence-corrected chi connectivity index (χ4v) is 4.60. The molecule has 2 heterocycles. The van der Waals surface area contributed by atoms with Gasteiger partial charge in [-0.2, -0.15) is 4.99 Å². The molecule has 2 aliphatic rings. The summed E-state index contributed by atoms with van der Waals surface area (Å²) in [5.41, 5.74) is 5.31. The summed E-state index contributed by atoms with van der Waals surface area (Å²) in [7, 11) is 0. The number of nitrogens with one attached hydrogen (secondary N) is 2. The minimum Gasteiger partial charge on any atom is -0.371 e. The van der Waals surface area contributed by atoms with Crippen LogP contribution < -0.4 is 27.0 Å². The van der Waals surface area contributed by atoms with Crippen molar-refractivity contribution in [1.82, 2.24) is 15.3 Å². The molecule has 1 amide bonds. The number of amides is 1. The van der Waals surface area contributed by atoms with Crippen molar-refractivity contribution in [3.8, 4) is 0 Å². The molecule has 3 rings (SSSR count). The average Bonchev–Trinajstić information content (AvgIpc) is 3.45. The maximum absolute atomic E-state index is 12.7. The highest BCUT2D eigenvalue weighted by molar-refractivity contribution is 6.17. The van der Waals surface area contributed by atoms with Gasteiger partial charge in [0.2, 0.25) is 5.96 Å². The van der Waals surface area contributed by atoms with E-state index in [9.17, 15) is 4.79 Å². The summed E-state index contributed by atoms with van der Waals surface area (Å²) in [4.78, 5) is 25.8. The number of aliphatic imine (C=N–C) groups is 1. The largest absolute Gasteiger partial charge is 0.371 e. The lowest BCUT2D eigenvalue weighted by Gasteiger charge is -2.29. The van der Waals surface area contributed by atoms with Gasteiger partial charge in [-0.1, -0.05) is 18.9 Å². The highest BCUT2D eigenvalue weighted by atomic mass is 16.2. The van der Waals surface area contributed by atoms with Gasteiger partial charge in [-0.3, -0.25) is 15.6 Å². The van der Waals surface area contributed by atoms with E-state index in [1.54, 1.807) is 12.3 Å². The van der Waals surface area contributed by atoms with E-state index in [0.29, 0.717) is 17.4 Å². The topological polar surface area (TPSA) is 140 Å². The van der Waals surface area contributed by atoms with Crippen molar-refractivity contribution in [3.63, 3.8) is 0 Å². The Morgan fingerprint density at radius 1 is 1.33 bits per heavy atom. The monoisotopic (exact) mass is 453 g/mol. The fourth-order valence-electron chi connectivity index (χ4n) is 4.60. The fraction of sp³-hybridized carbons (Fsp3) is 0.478. The number of anilines is 2. The molecule has 1 aromatic rings. The molecule has 0 aromatic carbocycles. The third kappa shape index (κ3) is 4.76. The van der Waals surface area contributed by atoms with Crippen molar-refractivity contribution in [2.45, 2.75) is 59.4 Å². The summed E-state index contributed by atoms with van der Waals surface area (Å²) < 4.78 is 0. The molecule has 1 saturated carbocycles. The van der Waals surface area contributed by atoms with Crippen molar-refractivity contribution < 1.29 is 4.79 Å². The number of allylic oxidation sites excluding steroid dienone is 1. The van der Waals surface area contributed by atoms with Crippen LogP contribution in [0.5, 0.6) is 0 Å². The van der Waals surface area contributed by atoms with Gasteiger partial charge in [-0.25, -0.2) is 21.7 Å². The highest BCUT2D eigenvalue weighted by Gasteiger charge is 2.40. The number of nitrogens with two attached hydrogens (primary N) is 2. The van der Waals surface area contributed by atoms with Gasteiger partial charge in [0.1, 0.15) is 17.4 Å². The second kappa shape index (κ2) is 10.6. The zero-order valence-electron chi connectivity index (χ0n) is 19.9. The van der Waals surface area contributed by atoms with E-state index in [1.807, 2.05) is 30.9 Å². The Bertz CT molecular complexity index is 970. The molecule has 1 fully saturated rings. The van der Waals surface area contributed by atoms with Gasteiger partial charge >= 0.3 is 0 Å². The molecule has 1 aliphatic heterocycles. The van der Waals surface area contributed by atoms with Gasteiger partial charge in [0.15, 0.2) is 0 Å². The van der Waals surface area contributed by atoms with Crippen molar-refractivity contribution >= 4 is 29.2 Å². The maximum Gasteiger partial charge on any atom is 0.282 e. The molecule has 0 saturated heterocycles. The summed E-state index contributed by atoms with van der Waals surface area (Å²) in [5, 5.41) is 9.73. The number of rotatable bonds is 6. The van der Waals surface area contributed by atoms with Gasteiger partial charge in [0.05, 0.1) is 11.9 Å². The first-order valence-electron chi connectivity index (χ1n) is 11.5. The summed E-state index contributed by atoms with van der Waals surface area (Å²) in [6.45, 7) is 9.70.